The average molecular weight is 372 g/mol. The number of hydrogen-bond donors (Lipinski definition) is 1. The van der Waals surface area contributed by atoms with E-state index in [-0.39, 0.29) is 23.3 Å². The zero-order valence-electron chi connectivity index (χ0n) is 14.1. The minimum atomic E-state index is -3.49. The summed E-state index contributed by atoms with van der Waals surface area (Å²) in [5.74, 6) is -0.0969. The van der Waals surface area contributed by atoms with Crippen LogP contribution in [-0.4, -0.2) is 40.2 Å². The number of hydrogen-bond acceptors (Lipinski definition) is 7. The maximum absolute atomic E-state index is 12.2. The molecule has 1 N–H and O–H groups in total. The Labute approximate surface area is 150 Å². The Morgan fingerprint density at radius 3 is 2.46 bits per heavy atom. The molecule has 1 aliphatic rings. The monoisotopic (exact) mass is 372 g/mol. The van der Waals surface area contributed by atoms with Crippen molar-refractivity contribution in [3.05, 3.63) is 53.6 Å². The molecule has 1 heterocycles. The van der Waals surface area contributed by atoms with Crippen LogP contribution in [0.15, 0.2) is 62.6 Å². The van der Waals surface area contributed by atoms with Crippen molar-refractivity contribution in [2.75, 3.05) is 20.0 Å². The number of nitrogens with zero attached hydrogens (tertiary/aromatic N) is 3. The van der Waals surface area contributed by atoms with Crippen molar-refractivity contribution in [2.24, 2.45) is 15.2 Å². The van der Waals surface area contributed by atoms with Crippen LogP contribution in [0.5, 0.6) is 0 Å². The lowest BCUT2D eigenvalue weighted by Gasteiger charge is -2.13. The molecule has 26 heavy (non-hydrogen) atoms. The normalized spacial score (nSPS) is 13.5. The fourth-order valence-electron chi connectivity index (χ4n) is 2.62. The summed E-state index contributed by atoms with van der Waals surface area (Å²) in [6.45, 7) is 0.170. The third kappa shape index (κ3) is 3.53. The molecular weight excluding hydrogens is 356 g/mol. The summed E-state index contributed by atoms with van der Waals surface area (Å²) >= 11 is 0. The van der Waals surface area contributed by atoms with Crippen LogP contribution in [0.2, 0.25) is 0 Å². The molecule has 0 bridgehead atoms. The van der Waals surface area contributed by atoms with E-state index in [4.69, 9.17) is 0 Å². The zero-order valence-corrected chi connectivity index (χ0v) is 14.9. The second-order valence-corrected chi connectivity index (χ2v) is 7.51. The van der Waals surface area contributed by atoms with Crippen LogP contribution in [0, 0.1) is 0 Å². The number of rotatable bonds is 5. The highest BCUT2D eigenvalue weighted by Crippen LogP contribution is 2.31. The van der Waals surface area contributed by atoms with Crippen molar-refractivity contribution >= 4 is 21.6 Å². The smallest absolute Gasteiger partial charge is 0.274 e. The molecule has 1 amide bonds. The zero-order chi connectivity index (χ0) is 18.7. The van der Waals surface area contributed by atoms with Gasteiger partial charge in [0.1, 0.15) is 0 Å². The fourth-order valence-corrected chi connectivity index (χ4v) is 3.52. The number of nitrogens with one attached hydrogen (secondary N) is 1. The van der Waals surface area contributed by atoms with Crippen LogP contribution >= 0.6 is 0 Å². The Morgan fingerprint density at radius 1 is 1.15 bits per heavy atom. The minimum absolute atomic E-state index is 0.135. The third-order valence-corrected chi connectivity index (χ3v) is 4.89. The molecule has 0 radical (unpaired) electrons. The van der Waals surface area contributed by atoms with E-state index in [1.807, 2.05) is 0 Å². The van der Waals surface area contributed by atoms with Crippen molar-refractivity contribution in [2.45, 2.75) is 4.90 Å². The van der Waals surface area contributed by atoms with E-state index in [2.05, 4.69) is 25.5 Å². The molecule has 0 aliphatic carbocycles. The van der Waals surface area contributed by atoms with Crippen LogP contribution in [0.25, 0.3) is 11.1 Å². The molecule has 0 unspecified atom stereocenters. The summed E-state index contributed by atoms with van der Waals surface area (Å²) < 4.78 is 24.4. The number of carbonyl (C=O) groups is 1. The first-order valence-electron chi connectivity index (χ1n) is 7.61. The van der Waals surface area contributed by atoms with Gasteiger partial charge in [0.25, 0.3) is 5.91 Å². The predicted molar refractivity (Wildman–Crippen MR) is 95.7 cm³/mol. The van der Waals surface area contributed by atoms with Crippen molar-refractivity contribution in [3.63, 3.8) is 0 Å². The average Bonchev–Trinajstić information content (AvgIpc) is 3.15. The van der Waals surface area contributed by atoms with Gasteiger partial charge >= 0.3 is 0 Å². The van der Waals surface area contributed by atoms with E-state index in [1.54, 1.807) is 36.4 Å². The SMILES string of the molecule is CONC(=O)c1ccc(-c2cccc(S(C)(=O)=O)c2C2=NCN=N2)cc1. The maximum atomic E-state index is 12.2. The quantitative estimate of drug-likeness (QED) is 0.811. The van der Waals surface area contributed by atoms with Gasteiger partial charge in [0.05, 0.1) is 12.0 Å². The summed E-state index contributed by atoms with van der Waals surface area (Å²) in [5, 5.41) is 7.78. The van der Waals surface area contributed by atoms with E-state index in [0.29, 0.717) is 16.7 Å². The van der Waals surface area contributed by atoms with Gasteiger partial charge in [0, 0.05) is 17.4 Å². The van der Waals surface area contributed by atoms with Gasteiger partial charge in [-0.25, -0.2) is 18.9 Å². The van der Waals surface area contributed by atoms with Crippen molar-refractivity contribution < 1.29 is 18.0 Å². The highest BCUT2D eigenvalue weighted by molar-refractivity contribution is 7.90. The van der Waals surface area contributed by atoms with Crippen molar-refractivity contribution in [1.82, 2.24) is 5.48 Å². The van der Waals surface area contributed by atoms with Crippen molar-refractivity contribution in [3.8, 4) is 11.1 Å². The molecule has 2 aromatic rings. The number of sulfone groups is 1. The van der Waals surface area contributed by atoms with Crippen LogP contribution < -0.4 is 5.48 Å². The second-order valence-electron chi connectivity index (χ2n) is 5.53. The molecule has 2 aromatic carbocycles. The molecule has 134 valence electrons. The number of azo groups is 1. The molecule has 0 atom stereocenters. The predicted octanol–water partition coefficient (Wildman–Crippen LogP) is 2.22. The van der Waals surface area contributed by atoms with Gasteiger partial charge in [0.2, 0.25) is 0 Å². The van der Waals surface area contributed by atoms with Crippen LogP contribution in [0.3, 0.4) is 0 Å². The topological polar surface area (TPSA) is 110 Å². The standard InChI is InChI=1S/C17H16N4O4S/c1-25-21-17(22)12-8-6-11(7-9-12)13-4-3-5-14(26(2,23)24)15(13)16-18-10-19-20-16/h3-9H,10H2,1-2H3,(H,21,22). The molecule has 0 saturated carbocycles. The second kappa shape index (κ2) is 7.14. The van der Waals surface area contributed by atoms with Crippen molar-refractivity contribution in [1.29, 1.82) is 0 Å². The van der Waals surface area contributed by atoms with Gasteiger partial charge in [-0.3, -0.25) is 9.63 Å². The van der Waals surface area contributed by atoms with Crippen LogP contribution in [0.1, 0.15) is 15.9 Å². The number of hydroxylamine groups is 1. The van der Waals surface area contributed by atoms with E-state index in [1.165, 1.54) is 13.2 Å². The molecular formula is C17H16N4O4S. The van der Waals surface area contributed by atoms with E-state index >= 15 is 0 Å². The Hall–Kier alpha value is -2.91. The molecule has 0 aromatic heterocycles. The van der Waals surface area contributed by atoms with Gasteiger partial charge < -0.3 is 0 Å². The summed E-state index contributed by atoms with van der Waals surface area (Å²) in [5.41, 5.74) is 4.43. The Kier molecular flexibility index (Phi) is 4.92. The van der Waals surface area contributed by atoms with Gasteiger partial charge in [-0.2, -0.15) is 5.11 Å². The highest BCUT2D eigenvalue weighted by atomic mass is 32.2. The first-order chi connectivity index (χ1) is 12.4. The summed E-state index contributed by atoms with van der Waals surface area (Å²) in [4.78, 5) is 20.7. The lowest BCUT2D eigenvalue weighted by atomic mass is 9.98. The van der Waals surface area contributed by atoms with Crippen LogP contribution in [0.4, 0.5) is 0 Å². The molecule has 0 saturated heterocycles. The molecule has 0 spiro atoms. The largest absolute Gasteiger partial charge is 0.277 e. The van der Waals surface area contributed by atoms with E-state index < -0.39 is 9.84 Å². The van der Waals surface area contributed by atoms with E-state index in [9.17, 15) is 13.2 Å². The highest BCUT2D eigenvalue weighted by Gasteiger charge is 2.23. The lowest BCUT2D eigenvalue weighted by molar-refractivity contribution is 0.0537. The molecule has 3 rings (SSSR count). The summed E-state index contributed by atoms with van der Waals surface area (Å²) in [6, 6.07) is 11.7. The Balaban J connectivity index is 2.13. The van der Waals surface area contributed by atoms with Crippen LogP contribution in [-0.2, 0) is 14.7 Å². The van der Waals surface area contributed by atoms with Gasteiger partial charge in [0.15, 0.2) is 22.3 Å². The number of carbonyl (C=O) groups excluding carboxylic acids is 1. The fraction of sp³-hybridized carbons (Fsp3) is 0.176. The van der Waals surface area contributed by atoms with Gasteiger partial charge in [-0.05, 0) is 29.3 Å². The first-order valence-corrected chi connectivity index (χ1v) is 9.50. The molecule has 9 heteroatoms. The number of amides is 1. The number of amidine groups is 1. The lowest BCUT2D eigenvalue weighted by Crippen LogP contribution is -2.21. The summed E-state index contributed by atoms with van der Waals surface area (Å²) in [6.07, 6.45) is 1.14. The molecule has 0 fully saturated rings. The molecule has 1 aliphatic heterocycles. The van der Waals surface area contributed by atoms with Gasteiger partial charge in [-0.1, -0.05) is 24.3 Å². The Bertz CT molecular complexity index is 1010. The number of benzene rings is 2. The first kappa shape index (κ1) is 17.9. The Morgan fingerprint density at radius 2 is 1.88 bits per heavy atom. The third-order valence-electron chi connectivity index (χ3n) is 3.75. The number of aliphatic imine (C=N–C) groups is 1. The van der Waals surface area contributed by atoms with E-state index in [0.717, 1.165) is 11.8 Å². The minimum Gasteiger partial charge on any atom is -0.277 e. The van der Waals surface area contributed by atoms with Gasteiger partial charge in [-0.15, -0.1) is 5.11 Å². The maximum Gasteiger partial charge on any atom is 0.274 e. The molecule has 8 nitrogen and oxygen atoms in total. The summed E-state index contributed by atoms with van der Waals surface area (Å²) in [7, 11) is -2.14.